The van der Waals surface area contributed by atoms with Crippen LogP contribution >= 0.6 is 11.6 Å². The van der Waals surface area contributed by atoms with Gasteiger partial charge in [0.2, 0.25) is 5.69 Å². The van der Waals surface area contributed by atoms with Gasteiger partial charge in [0, 0.05) is 0 Å². The predicted molar refractivity (Wildman–Crippen MR) is 51.0 cm³/mol. The summed E-state index contributed by atoms with van der Waals surface area (Å²) < 4.78 is 62.2. The van der Waals surface area contributed by atoms with E-state index in [1.54, 1.807) is 0 Å². The van der Waals surface area contributed by atoms with Crippen molar-refractivity contribution in [2.75, 3.05) is 0 Å². The molecule has 1 rings (SSSR count). The maximum absolute atomic E-state index is 12.5. The number of carbonyl (C=O) groups excluding carboxylic acids is 1. The van der Waals surface area contributed by atoms with Crippen molar-refractivity contribution in [2.24, 2.45) is 0 Å². The largest absolute Gasteiger partial charge is 0.433 e. The molecule has 0 amide bonds. The smallest absolute Gasteiger partial charge is 0.274 e. The van der Waals surface area contributed by atoms with E-state index in [4.69, 9.17) is 11.6 Å². The molecule has 0 unspecified atom stereocenters. The van der Waals surface area contributed by atoms with Crippen molar-refractivity contribution in [1.82, 2.24) is 4.98 Å². The summed E-state index contributed by atoms with van der Waals surface area (Å²) in [4.78, 5) is 22.5. The summed E-state index contributed by atoms with van der Waals surface area (Å²) >= 11 is 4.83. The van der Waals surface area contributed by atoms with Gasteiger partial charge in [-0.2, -0.15) is 13.2 Å². The molecule has 0 N–H and O–H groups in total. The number of hydrogen-bond donors (Lipinski definition) is 0. The molecular formula is C8H2ClF5N2O3. The number of aromatic nitrogens is 1. The van der Waals surface area contributed by atoms with Crippen LogP contribution in [0, 0.1) is 10.1 Å². The Balaban J connectivity index is 3.73. The molecule has 0 spiro atoms. The lowest BCUT2D eigenvalue weighted by atomic mass is 10.1. The Morgan fingerprint density at radius 3 is 2.26 bits per heavy atom. The third kappa shape index (κ3) is 3.13. The second-order valence-corrected chi connectivity index (χ2v) is 3.47. The molecule has 0 fully saturated rings. The lowest BCUT2D eigenvalue weighted by Gasteiger charge is -2.10. The van der Waals surface area contributed by atoms with Gasteiger partial charge in [-0.3, -0.25) is 14.9 Å². The van der Waals surface area contributed by atoms with Crippen molar-refractivity contribution in [3.8, 4) is 0 Å². The number of hydrogen-bond acceptors (Lipinski definition) is 4. The number of nitrogens with zero attached hydrogens (tertiary/aromatic N) is 2. The van der Waals surface area contributed by atoms with Crippen LogP contribution < -0.4 is 0 Å². The molecule has 1 aromatic rings. The normalized spacial score (nSPS) is 11.7. The Bertz CT molecular complexity index is 546. The first-order valence-electron chi connectivity index (χ1n) is 4.30. The zero-order valence-corrected chi connectivity index (χ0v) is 9.30. The van der Waals surface area contributed by atoms with Crippen LogP contribution in [0.4, 0.5) is 27.6 Å². The van der Waals surface area contributed by atoms with Gasteiger partial charge in [0.15, 0.2) is 0 Å². The standard InChI is InChI=1S/C8H2ClF5N2O3/c9-6(17)4-5(16(18)19)2(7(10)11)1-3(15-4)8(12,13)14/h1,7H. The maximum Gasteiger partial charge on any atom is 0.433 e. The van der Waals surface area contributed by atoms with Crippen LogP contribution in [0.15, 0.2) is 6.07 Å². The average molecular weight is 305 g/mol. The monoisotopic (exact) mass is 304 g/mol. The minimum Gasteiger partial charge on any atom is -0.274 e. The number of nitro groups is 1. The van der Waals surface area contributed by atoms with Gasteiger partial charge in [0.05, 0.1) is 4.92 Å². The first-order valence-corrected chi connectivity index (χ1v) is 4.68. The first kappa shape index (κ1) is 15.2. The van der Waals surface area contributed by atoms with E-state index in [1.807, 2.05) is 0 Å². The van der Waals surface area contributed by atoms with Crippen LogP contribution in [0.3, 0.4) is 0 Å². The van der Waals surface area contributed by atoms with Crippen molar-refractivity contribution >= 4 is 22.5 Å². The van der Waals surface area contributed by atoms with Crippen LogP contribution in [0.2, 0.25) is 0 Å². The van der Waals surface area contributed by atoms with E-state index < -0.39 is 45.4 Å². The highest BCUT2D eigenvalue weighted by molar-refractivity contribution is 6.67. The van der Waals surface area contributed by atoms with Gasteiger partial charge >= 0.3 is 11.9 Å². The van der Waals surface area contributed by atoms with Gasteiger partial charge in [-0.25, -0.2) is 13.8 Å². The predicted octanol–water partition coefficient (Wildman–Crippen LogP) is 3.33. The second kappa shape index (κ2) is 5.03. The van der Waals surface area contributed by atoms with Crippen molar-refractivity contribution in [1.29, 1.82) is 0 Å². The van der Waals surface area contributed by atoms with E-state index in [0.29, 0.717) is 0 Å². The fraction of sp³-hybridized carbons (Fsp3) is 0.250. The lowest BCUT2D eigenvalue weighted by molar-refractivity contribution is -0.386. The highest BCUT2D eigenvalue weighted by Gasteiger charge is 2.39. The molecule has 1 aromatic heterocycles. The van der Waals surface area contributed by atoms with Crippen molar-refractivity contribution < 1.29 is 31.7 Å². The number of pyridine rings is 1. The Morgan fingerprint density at radius 1 is 1.42 bits per heavy atom. The van der Waals surface area contributed by atoms with Crippen molar-refractivity contribution in [3.05, 3.63) is 33.1 Å². The molecule has 0 aliphatic rings. The summed E-state index contributed by atoms with van der Waals surface area (Å²) in [5.74, 6) is 0. The summed E-state index contributed by atoms with van der Waals surface area (Å²) in [6.07, 6.45) is -8.75. The molecule has 0 atom stereocenters. The number of carbonyl (C=O) groups is 1. The minimum absolute atomic E-state index is 0.188. The zero-order valence-electron chi connectivity index (χ0n) is 8.54. The van der Waals surface area contributed by atoms with E-state index in [0.717, 1.165) is 0 Å². The molecule has 1 heterocycles. The molecule has 19 heavy (non-hydrogen) atoms. The Labute approximate surface area is 106 Å². The number of alkyl halides is 5. The van der Waals surface area contributed by atoms with Gasteiger partial charge in [0.1, 0.15) is 11.3 Å². The topological polar surface area (TPSA) is 73.1 Å². The number of rotatable bonds is 3. The summed E-state index contributed by atoms with van der Waals surface area (Å²) in [7, 11) is 0. The molecule has 5 nitrogen and oxygen atoms in total. The zero-order chi connectivity index (χ0) is 15.0. The highest BCUT2D eigenvalue weighted by atomic mass is 35.5. The molecule has 104 valence electrons. The van der Waals surface area contributed by atoms with E-state index >= 15 is 0 Å². The van der Waals surface area contributed by atoms with Crippen LogP contribution in [-0.2, 0) is 6.18 Å². The Hall–Kier alpha value is -1.84. The first-order chi connectivity index (χ1) is 8.55. The highest BCUT2D eigenvalue weighted by Crippen LogP contribution is 2.37. The molecule has 0 bridgehead atoms. The van der Waals surface area contributed by atoms with E-state index in [1.165, 1.54) is 0 Å². The Morgan fingerprint density at radius 2 is 1.95 bits per heavy atom. The fourth-order valence-corrected chi connectivity index (χ4v) is 1.33. The minimum atomic E-state index is -5.15. The second-order valence-electron chi connectivity index (χ2n) is 3.12. The molecule has 0 aromatic carbocycles. The quantitative estimate of drug-likeness (QED) is 0.371. The molecule has 0 aliphatic heterocycles. The summed E-state index contributed by atoms with van der Waals surface area (Å²) in [5.41, 5.74) is -6.45. The molecule has 0 saturated carbocycles. The van der Waals surface area contributed by atoms with Gasteiger partial charge in [-0.05, 0) is 17.7 Å². The average Bonchev–Trinajstić information content (AvgIpc) is 2.25. The van der Waals surface area contributed by atoms with E-state index in [-0.39, 0.29) is 6.07 Å². The van der Waals surface area contributed by atoms with Crippen LogP contribution in [0.1, 0.15) is 28.2 Å². The summed E-state index contributed by atoms with van der Waals surface area (Å²) in [6.45, 7) is 0. The van der Waals surface area contributed by atoms with E-state index in [2.05, 4.69) is 4.98 Å². The summed E-state index contributed by atoms with van der Waals surface area (Å²) in [5, 5.41) is 8.82. The third-order valence-corrected chi connectivity index (χ3v) is 2.10. The molecule has 0 aliphatic carbocycles. The lowest BCUT2D eigenvalue weighted by Crippen LogP contribution is -2.14. The number of halogens is 6. The molecule has 11 heteroatoms. The van der Waals surface area contributed by atoms with Crippen LogP contribution in [0.5, 0.6) is 0 Å². The van der Waals surface area contributed by atoms with Gasteiger partial charge in [0.25, 0.3) is 11.7 Å². The molecule has 0 saturated heterocycles. The van der Waals surface area contributed by atoms with Gasteiger partial charge in [-0.1, -0.05) is 0 Å². The van der Waals surface area contributed by atoms with Crippen LogP contribution in [-0.4, -0.2) is 15.1 Å². The molecule has 0 radical (unpaired) electrons. The Kier molecular flexibility index (Phi) is 4.03. The van der Waals surface area contributed by atoms with Gasteiger partial charge in [-0.15, -0.1) is 0 Å². The maximum atomic E-state index is 12.5. The van der Waals surface area contributed by atoms with Crippen molar-refractivity contribution in [3.63, 3.8) is 0 Å². The van der Waals surface area contributed by atoms with Crippen LogP contribution in [0.25, 0.3) is 0 Å². The summed E-state index contributed by atoms with van der Waals surface area (Å²) in [6, 6.07) is -0.188. The van der Waals surface area contributed by atoms with E-state index in [9.17, 15) is 36.9 Å². The third-order valence-electron chi connectivity index (χ3n) is 1.92. The van der Waals surface area contributed by atoms with Gasteiger partial charge < -0.3 is 0 Å². The molecular weight excluding hydrogens is 303 g/mol. The van der Waals surface area contributed by atoms with Crippen molar-refractivity contribution in [2.45, 2.75) is 12.6 Å². The fourth-order valence-electron chi connectivity index (χ4n) is 1.20. The SMILES string of the molecule is O=C(Cl)c1nc(C(F)(F)F)cc(C(F)F)c1[N+](=O)[O-].